The third-order valence-electron chi connectivity index (χ3n) is 2.26. The van der Waals surface area contributed by atoms with Gasteiger partial charge in [0.25, 0.3) is 0 Å². The Morgan fingerprint density at radius 3 is 2.94 bits per heavy atom. The Bertz CT molecular complexity index is 533. The van der Waals surface area contributed by atoms with E-state index >= 15 is 0 Å². The van der Waals surface area contributed by atoms with Crippen molar-refractivity contribution in [3.8, 4) is 0 Å². The van der Waals surface area contributed by atoms with Crippen molar-refractivity contribution >= 4 is 35.5 Å². The number of hydrogen-bond acceptors (Lipinski definition) is 5. The topological polar surface area (TPSA) is 51.3 Å². The molecule has 92 valence electrons. The van der Waals surface area contributed by atoms with Crippen LogP contribution in [0, 0.1) is 0 Å². The molecule has 2 aromatic heterocycles. The maximum absolute atomic E-state index is 6.06. The fourth-order valence-electron chi connectivity index (χ4n) is 1.40. The number of thiophene rings is 1. The average Bonchev–Trinajstić information content (AvgIpc) is 2.92. The van der Waals surface area contributed by atoms with Gasteiger partial charge in [0, 0.05) is 18.1 Å². The second-order valence-corrected chi connectivity index (χ2v) is 5.46. The zero-order chi connectivity index (χ0) is 12.8. The molecule has 0 atom stereocenters. The van der Waals surface area contributed by atoms with E-state index in [0.717, 1.165) is 21.9 Å². The average molecular weight is 275 g/mol. The number of thioether (sulfide) groups is 1. The zero-order valence-corrected chi connectivity index (χ0v) is 11.4. The van der Waals surface area contributed by atoms with Gasteiger partial charge in [-0.1, -0.05) is 12.1 Å². The molecule has 3 nitrogen and oxygen atoms in total. The molecule has 0 unspecified atom stereocenters. The molecular formula is C13H13N3S2. The molecule has 0 aliphatic heterocycles. The number of nitrogens with two attached hydrogens (primary N) is 1. The summed E-state index contributed by atoms with van der Waals surface area (Å²) in [5.74, 6) is 0.782. The number of nitrogens with zero attached hydrogens (tertiary/aromatic N) is 2. The first kappa shape index (κ1) is 12.9. The van der Waals surface area contributed by atoms with E-state index in [2.05, 4.69) is 16.7 Å². The van der Waals surface area contributed by atoms with Crippen LogP contribution in [0.5, 0.6) is 0 Å². The molecule has 0 spiro atoms. The van der Waals surface area contributed by atoms with Crippen molar-refractivity contribution < 1.29 is 0 Å². The number of rotatable bonds is 5. The molecule has 0 amide bonds. The van der Waals surface area contributed by atoms with Gasteiger partial charge in [-0.05, 0) is 29.8 Å². The normalized spacial score (nSPS) is 12.0. The molecular weight excluding hydrogens is 262 g/mol. The molecule has 2 aromatic rings. The molecule has 0 aromatic carbocycles. The minimum atomic E-state index is 0.691. The highest BCUT2D eigenvalue weighted by Crippen LogP contribution is 2.29. The molecule has 0 radical (unpaired) electrons. The fraction of sp³-hybridized carbons (Fsp3) is 0.0769. The molecule has 2 N–H and O–H groups in total. The lowest BCUT2D eigenvalue weighted by Gasteiger charge is -2.05. The quantitative estimate of drug-likeness (QED) is 0.851. The van der Waals surface area contributed by atoms with Crippen LogP contribution in [-0.2, 0) is 5.75 Å². The maximum Gasteiger partial charge on any atom is 0.109 e. The van der Waals surface area contributed by atoms with Gasteiger partial charge in [-0.25, -0.2) is 0 Å². The predicted molar refractivity (Wildman–Crippen MR) is 80.5 cm³/mol. The van der Waals surface area contributed by atoms with Gasteiger partial charge in [0.1, 0.15) is 5.70 Å². The van der Waals surface area contributed by atoms with Gasteiger partial charge in [-0.2, -0.15) is 0 Å². The van der Waals surface area contributed by atoms with Crippen LogP contribution in [-0.4, -0.2) is 11.7 Å². The summed E-state index contributed by atoms with van der Waals surface area (Å²) in [6.45, 7) is 3.59. The smallest absolute Gasteiger partial charge is 0.109 e. The van der Waals surface area contributed by atoms with E-state index in [1.54, 1.807) is 29.3 Å². The summed E-state index contributed by atoms with van der Waals surface area (Å²) in [5, 5.41) is 2.69. The standard InChI is InChI=1S/C13H13N3S2/c1-15-12(11-5-3-7-17-11)13(14)18-9-10-4-2-6-16-8-10/h2-8H,1,9,14H2/b13-12-. The highest BCUT2D eigenvalue weighted by Gasteiger charge is 2.07. The van der Waals surface area contributed by atoms with Crippen LogP contribution < -0.4 is 5.73 Å². The van der Waals surface area contributed by atoms with E-state index in [4.69, 9.17) is 5.73 Å². The van der Waals surface area contributed by atoms with Crippen molar-refractivity contribution in [2.45, 2.75) is 5.75 Å². The van der Waals surface area contributed by atoms with Crippen molar-refractivity contribution in [1.82, 2.24) is 4.98 Å². The molecule has 2 heterocycles. The highest BCUT2D eigenvalue weighted by atomic mass is 32.2. The van der Waals surface area contributed by atoms with Gasteiger partial charge in [0.05, 0.1) is 9.91 Å². The van der Waals surface area contributed by atoms with Gasteiger partial charge >= 0.3 is 0 Å². The van der Waals surface area contributed by atoms with E-state index in [-0.39, 0.29) is 0 Å². The molecule has 5 heteroatoms. The molecule has 0 saturated carbocycles. The lowest BCUT2D eigenvalue weighted by molar-refractivity contribution is 1.25. The third-order valence-corrected chi connectivity index (χ3v) is 4.12. The minimum Gasteiger partial charge on any atom is -0.392 e. The lowest BCUT2D eigenvalue weighted by Crippen LogP contribution is -1.97. The summed E-state index contributed by atoms with van der Waals surface area (Å²) in [4.78, 5) is 9.14. The Morgan fingerprint density at radius 1 is 1.44 bits per heavy atom. The van der Waals surface area contributed by atoms with E-state index in [0.29, 0.717) is 5.03 Å². The van der Waals surface area contributed by atoms with Crippen molar-refractivity contribution in [2.24, 2.45) is 10.7 Å². The summed E-state index contributed by atoms with van der Waals surface area (Å²) in [5.41, 5.74) is 7.96. The molecule has 0 bridgehead atoms. The summed E-state index contributed by atoms with van der Waals surface area (Å²) in [7, 11) is 0. The van der Waals surface area contributed by atoms with E-state index in [9.17, 15) is 0 Å². The Hall–Kier alpha value is -1.59. The van der Waals surface area contributed by atoms with Gasteiger partial charge in [-0.3, -0.25) is 9.98 Å². The van der Waals surface area contributed by atoms with Crippen LogP contribution >= 0.6 is 23.1 Å². The Labute approximate surface area is 114 Å². The summed E-state index contributed by atoms with van der Waals surface area (Å²) < 4.78 is 0. The van der Waals surface area contributed by atoms with Crippen LogP contribution in [0.2, 0.25) is 0 Å². The lowest BCUT2D eigenvalue weighted by atomic mass is 10.3. The summed E-state index contributed by atoms with van der Waals surface area (Å²) in [6, 6.07) is 7.91. The van der Waals surface area contributed by atoms with Gasteiger partial charge in [0.15, 0.2) is 0 Å². The molecule has 18 heavy (non-hydrogen) atoms. The first-order valence-electron chi connectivity index (χ1n) is 5.33. The largest absolute Gasteiger partial charge is 0.392 e. The second-order valence-electron chi connectivity index (χ2n) is 3.50. The third kappa shape index (κ3) is 3.21. The van der Waals surface area contributed by atoms with E-state index in [1.165, 1.54) is 0 Å². The van der Waals surface area contributed by atoms with Crippen molar-refractivity contribution in [2.75, 3.05) is 0 Å². The summed E-state index contributed by atoms with van der Waals surface area (Å²) >= 11 is 3.16. The Balaban J connectivity index is 2.10. The molecule has 0 fully saturated rings. The Kier molecular flexibility index (Phi) is 4.55. The van der Waals surface area contributed by atoms with Crippen molar-refractivity contribution in [1.29, 1.82) is 0 Å². The van der Waals surface area contributed by atoms with Gasteiger partial charge in [0.2, 0.25) is 0 Å². The number of aliphatic imine (C=N–C) groups is 1. The molecule has 0 aliphatic rings. The molecule has 0 aliphatic carbocycles. The SMILES string of the molecule is C=N/C(=C(/N)SCc1cccnc1)c1cccs1. The van der Waals surface area contributed by atoms with Crippen LogP contribution in [0.25, 0.3) is 5.70 Å². The van der Waals surface area contributed by atoms with Gasteiger partial charge < -0.3 is 5.73 Å². The second kappa shape index (κ2) is 6.37. The van der Waals surface area contributed by atoms with Gasteiger partial charge in [-0.15, -0.1) is 23.1 Å². The highest BCUT2D eigenvalue weighted by molar-refractivity contribution is 8.02. The van der Waals surface area contributed by atoms with Crippen LogP contribution in [0.15, 0.2) is 52.1 Å². The zero-order valence-electron chi connectivity index (χ0n) is 9.74. The van der Waals surface area contributed by atoms with Crippen molar-refractivity contribution in [3.63, 3.8) is 0 Å². The van der Waals surface area contributed by atoms with E-state index in [1.807, 2.05) is 35.8 Å². The van der Waals surface area contributed by atoms with Crippen LogP contribution in [0.4, 0.5) is 0 Å². The number of pyridine rings is 1. The molecule has 0 saturated heterocycles. The fourth-order valence-corrected chi connectivity index (χ4v) is 3.02. The maximum atomic E-state index is 6.06. The number of hydrogen-bond donors (Lipinski definition) is 1. The number of aromatic nitrogens is 1. The summed E-state index contributed by atoms with van der Waals surface area (Å²) in [6.07, 6.45) is 3.60. The monoisotopic (exact) mass is 275 g/mol. The first-order valence-corrected chi connectivity index (χ1v) is 7.20. The predicted octanol–water partition coefficient (Wildman–Crippen LogP) is 3.36. The minimum absolute atomic E-state index is 0.691. The molecule has 2 rings (SSSR count). The van der Waals surface area contributed by atoms with E-state index < -0.39 is 0 Å². The Morgan fingerprint density at radius 2 is 2.33 bits per heavy atom. The van der Waals surface area contributed by atoms with Crippen molar-refractivity contribution in [3.05, 3.63) is 57.5 Å². The van der Waals surface area contributed by atoms with Crippen LogP contribution in [0.3, 0.4) is 0 Å². The van der Waals surface area contributed by atoms with Crippen LogP contribution in [0.1, 0.15) is 10.4 Å². The first-order chi connectivity index (χ1) is 8.81.